The number of aryl methyl sites for hydroxylation is 2. The molecule has 4 heterocycles. The number of aromatic nitrogens is 2. The van der Waals surface area contributed by atoms with Crippen molar-refractivity contribution >= 4 is 29.4 Å². The average molecular weight is 366 g/mol. The van der Waals surface area contributed by atoms with Crippen molar-refractivity contribution in [1.29, 1.82) is 0 Å². The lowest BCUT2D eigenvalue weighted by Crippen LogP contribution is -2.49. The number of carbonyl (C=O) groups is 1. The van der Waals surface area contributed by atoms with Crippen molar-refractivity contribution in [2.75, 3.05) is 39.3 Å². The summed E-state index contributed by atoms with van der Waals surface area (Å²) in [7, 11) is 0. The molecule has 4 rings (SSSR count). The van der Waals surface area contributed by atoms with Gasteiger partial charge in [-0.05, 0) is 26.3 Å². The lowest BCUT2D eigenvalue weighted by atomic mass is 10.1. The van der Waals surface area contributed by atoms with E-state index in [4.69, 9.17) is 4.52 Å². The molecule has 1 N–H and O–H groups in total. The van der Waals surface area contributed by atoms with Gasteiger partial charge in [0.05, 0.1) is 16.6 Å². The minimum Gasteiger partial charge on any atom is -0.337 e. The molecule has 2 aromatic rings. The highest BCUT2D eigenvalue weighted by Gasteiger charge is 2.32. The zero-order valence-electron chi connectivity index (χ0n) is 14.6. The van der Waals surface area contributed by atoms with E-state index in [-0.39, 0.29) is 18.3 Å². The number of pyridine rings is 1. The van der Waals surface area contributed by atoms with Gasteiger partial charge in [-0.25, -0.2) is 4.98 Å². The van der Waals surface area contributed by atoms with Crippen molar-refractivity contribution < 1.29 is 9.32 Å². The highest BCUT2D eigenvalue weighted by Crippen LogP contribution is 2.25. The lowest BCUT2D eigenvalue weighted by molar-refractivity contribution is 0.0775. The monoisotopic (exact) mass is 365 g/mol. The third-order valence-corrected chi connectivity index (χ3v) is 5.09. The van der Waals surface area contributed by atoms with Crippen LogP contribution in [0.2, 0.25) is 0 Å². The van der Waals surface area contributed by atoms with Gasteiger partial charge in [-0.2, -0.15) is 0 Å². The highest BCUT2D eigenvalue weighted by molar-refractivity contribution is 6.06. The molecule has 2 fully saturated rings. The molecule has 1 amide bonds. The number of amides is 1. The number of halogens is 1. The van der Waals surface area contributed by atoms with Crippen LogP contribution in [-0.2, 0) is 0 Å². The summed E-state index contributed by atoms with van der Waals surface area (Å²) in [6.45, 7) is 9.54. The van der Waals surface area contributed by atoms with E-state index in [0.717, 1.165) is 62.5 Å². The van der Waals surface area contributed by atoms with Crippen molar-refractivity contribution in [2.24, 2.45) is 0 Å². The van der Waals surface area contributed by atoms with Gasteiger partial charge >= 0.3 is 0 Å². The fourth-order valence-electron chi connectivity index (χ4n) is 3.83. The molecule has 0 spiro atoms. The van der Waals surface area contributed by atoms with Crippen LogP contribution in [0, 0.1) is 13.8 Å². The number of nitrogens with zero attached hydrogens (tertiary/aromatic N) is 4. The molecule has 1 atom stereocenters. The number of fused-ring (bicyclic) bond motifs is 1. The van der Waals surface area contributed by atoms with E-state index in [1.54, 1.807) is 0 Å². The molecule has 136 valence electrons. The number of hydrogen-bond acceptors (Lipinski definition) is 6. The summed E-state index contributed by atoms with van der Waals surface area (Å²) in [5, 5.41) is 8.10. The van der Waals surface area contributed by atoms with Gasteiger partial charge in [-0.3, -0.25) is 9.69 Å². The number of nitrogens with one attached hydrogen (secondary N) is 1. The standard InChI is InChI=1S/C17H23N5O2.ClH/c1-11-9-14(15-12(2)20-24-16(15)19-11)17(23)22-6-3-13(10-22)21-7-4-18-5-8-21;/h9,13,18H,3-8,10H2,1-2H3;1H. The smallest absolute Gasteiger partial charge is 0.258 e. The van der Waals surface area contributed by atoms with Gasteiger partial charge in [0, 0.05) is 51.0 Å². The Morgan fingerprint density at radius 1 is 1.28 bits per heavy atom. The molecule has 25 heavy (non-hydrogen) atoms. The fraction of sp³-hybridized carbons (Fsp3) is 0.588. The summed E-state index contributed by atoms with van der Waals surface area (Å²) in [5.41, 5.74) is 2.62. The van der Waals surface area contributed by atoms with Crippen molar-refractivity contribution in [3.05, 3.63) is 23.0 Å². The predicted molar refractivity (Wildman–Crippen MR) is 97.3 cm³/mol. The number of hydrogen-bond donors (Lipinski definition) is 1. The maximum Gasteiger partial charge on any atom is 0.258 e. The Labute approximate surface area is 153 Å². The van der Waals surface area contributed by atoms with Crippen molar-refractivity contribution in [3.63, 3.8) is 0 Å². The molecule has 2 aliphatic heterocycles. The Bertz CT molecular complexity index is 772. The second-order valence-electron chi connectivity index (χ2n) is 6.74. The predicted octanol–water partition coefficient (Wildman–Crippen LogP) is 1.38. The molecule has 0 aromatic carbocycles. The first-order valence-electron chi connectivity index (χ1n) is 8.61. The summed E-state index contributed by atoms with van der Waals surface area (Å²) in [6, 6.07) is 2.32. The highest BCUT2D eigenvalue weighted by atomic mass is 35.5. The van der Waals surface area contributed by atoms with E-state index in [1.165, 1.54) is 0 Å². The SMILES string of the molecule is Cc1cc(C(=O)N2CCC(N3CCNCC3)C2)c2c(C)noc2n1.Cl. The van der Waals surface area contributed by atoms with Gasteiger partial charge in [0.25, 0.3) is 11.6 Å². The Morgan fingerprint density at radius 3 is 2.80 bits per heavy atom. The lowest BCUT2D eigenvalue weighted by Gasteiger charge is -2.32. The van der Waals surface area contributed by atoms with E-state index in [1.807, 2.05) is 24.8 Å². The van der Waals surface area contributed by atoms with E-state index < -0.39 is 0 Å². The van der Waals surface area contributed by atoms with Crippen LogP contribution < -0.4 is 5.32 Å². The summed E-state index contributed by atoms with van der Waals surface area (Å²) >= 11 is 0. The summed E-state index contributed by atoms with van der Waals surface area (Å²) in [4.78, 5) is 21.9. The van der Waals surface area contributed by atoms with Crippen LogP contribution in [0.4, 0.5) is 0 Å². The normalized spacial score (nSPS) is 21.5. The third kappa shape index (κ3) is 3.36. The van der Waals surface area contributed by atoms with Gasteiger partial charge in [0.1, 0.15) is 0 Å². The van der Waals surface area contributed by atoms with Crippen LogP contribution in [-0.4, -0.2) is 71.2 Å². The van der Waals surface area contributed by atoms with Gasteiger partial charge in [0.2, 0.25) is 0 Å². The molecule has 0 saturated carbocycles. The minimum atomic E-state index is 0. The minimum absolute atomic E-state index is 0. The van der Waals surface area contributed by atoms with Crippen molar-refractivity contribution in [3.8, 4) is 0 Å². The molecular weight excluding hydrogens is 342 g/mol. The summed E-state index contributed by atoms with van der Waals surface area (Å²) < 4.78 is 5.25. The van der Waals surface area contributed by atoms with Gasteiger partial charge in [-0.1, -0.05) is 5.16 Å². The van der Waals surface area contributed by atoms with E-state index in [2.05, 4.69) is 20.4 Å². The number of carbonyl (C=O) groups excluding carboxylic acids is 1. The quantitative estimate of drug-likeness (QED) is 0.866. The molecule has 8 heteroatoms. The van der Waals surface area contributed by atoms with E-state index in [0.29, 0.717) is 17.3 Å². The first kappa shape index (κ1) is 18.1. The van der Waals surface area contributed by atoms with Crippen LogP contribution in [0.3, 0.4) is 0 Å². The zero-order chi connectivity index (χ0) is 16.7. The third-order valence-electron chi connectivity index (χ3n) is 5.09. The van der Waals surface area contributed by atoms with Crippen LogP contribution >= 0.6 is 12.4 Å². The van der Waals surface area contributed by atoms with Crippen LogP contribution in [0.25, 0.3) is 11.1 Å². The molecule has 0 aliphatic carbocycles. The van der Waals surface area contributed by atoms with Crippen LogP contribution in [0.1, 0.15) is 28.2 Å². The maximum atomic E-state index is 13.1. The second kappa shape index (κ2) is 7.27. The topological polar surface area (TPSA) is 74.5 Å². The van der Waals surface area contributed by atoms with Crippen LogP contribution in [0.15, 0.2) is 10.6 Å². The Hall–Kier alpha value is -1.70. The molecule has 2 saturated heterocycles. The van der Waals surface area contributed by atoms with Gasteiger partial charge in [0.15, 0.2) is 0 Å². The van der Waals surface area contributed by atoms with Crippen LogP contribution in [0.5, 0.6) is 0 Å². The molecule has 7 nitrogen and oxygen atoms in total. The second-order valence-corrected chi connectivity index (χ2v) is 6.74. The van der Waals surface area contributed by atoms with Crippen molar-refractivity contribution in [2.45, 2.75) is 26.3 Å². The average Bonchev–Trinajstić information content (AvgIpc) is 3.22. The van der Waals surface area contributed by atoms with E-state index in [9.17, 15) is 4.79 Å². The zero-order valence-corrected chi connectivity index (χ0v) is 15.4. The first-order chi connectivity index (χ1) is 11.6. The number of rotatable bonds is 2. The molecule has 0 radical (unpaired) electrons. The molecule has 1 unspecified atom stereocenters. The number of piperazine rings is 1. The largest absolute Gasteiger partial charge is 0.337 e. The molecular formula is C17H24ClN5O2. The Morgan fingerprint density at radius 2 is 2.04 bits per heavy atom. The fourth-order valence-corrected chi connectivity index (χ4v) is 3.83. The van der Waals surface area contributed by atoms with E-state index >= 15 is 0 Å². The Kier molecular flexibility index (Phi) is 5.27. The Balaban J connectivity index is 0.00000182. The summed E-state index contributed by atoms with van der Waals surface area (Å²) in [6.07, 6.45) is 1.04. The first-order valence-corrected chi connectivity index (χ1v) is 8.61. The molecule has 2 aliphatic rings. The molecule has 0 bridgehead atoms. The molecule has 2 aromatic heterocycles. The van der Waals surface area contributed by atoms with Crippen molar-refractivity contribution in [1.82, 2.24) is 25.3 Å². The number of likely N-dealkylation sites (tertiary alicyclic amines) is 1. The maximum absolute atomic E-state index is 13.1. The summed E-state index contributed by atoms with van der Waals surface area (Å²) in [5.74, 6) is 0.0643. The van der Waals surface area contributed by atoms with Gasteiger partial charge in [-0.15, -0.1) is 12.4 Å². The van der Waals surface area contributed by atoms with Gasteiger partial charge < -0.3 is 14.7 Å².